The second kappa shape index (κ2) is 11.2. The van der Waals surface area contributed by atoms with Crippen LogP contribution in [0, 0.1) is 0 Å². The van der Waals surface area contributed by atoms with Gasteiger partial charge in [0.2, 0.25) is 0 Å². The Kier molecular flexibility index (Phi) is 8.72. The molecule has 0 spiro atoms. The van der Waals surface area contributed by atoms with Crippen LogP contribution in [-0.2, 0) is 22.6 Å². The van der Waals surface area contributed by atoms with Crippen molar-refractivity contribution in [3.63, 3.8) is 0 Å². The first-order valence-corrected chi connectivity index (χ1v) is 10.5. The zero-order valence-corrected chi connectivity index (χ0v) is 19.1. The fourth-order valence-corrected chi connectivity index (χ4v) is 3.09. The van der Waals surface area contributed by atoms with Gasteiger partial charge in [-0.15, -0.1) is 0 Å². The third kappa shape index (κ3) is 7.06. The number of carbonyl (C=O) groups excluding carboxylic acids is 1. The summed E-state index contributed by atoms with van der Waals surface area (Å²) in [5.41, 5.74) is 7.85. The number of allylic oxidation sites excluding steroid dienone is 3. The van der Waals surface area contributed by atoms with E-state index in [4.69, 9.17) is 10.5 Å². The number of rotatable bonds is 10. The Balaban J connectivity index is 2.41. The zero-order chi connectivity index (χ0) is 23.7. The first kappa shape index (κ1) is 24.8. The van der Waals surface area contributed by atoms with Gasteiger partial charge >= 0.3 is 5.97 Å². The zero-order valence-electron chi connectivity index (χ0n) is 19.1. The van der Waals surface area contributed by atoms with E-state index in [0.717, 1.165) is 16.7 Å². The van der Waals surface area contributed by atoms with Crippen molar-refractivity contribution in [3.05, 3.63) is 83.3 Å². The Hall–Kier alpha value is -3.45. The van der Waals surface area contributed by atoms with Crippen molar-refractivity contribution in [2.45, 2.75) is 45.9 Å². The highest BCUT2D eigenvalue weighted by molar-refractivity contribution is 5.71. The Morgan fingerprint density at radius 2 is 2.06 bits per heavy atom. The molecule has 0 aliphatic rings. The highest BCUT2D eigenvalue weighted by Crippen LogP contribution is 2.20. The van der Waals surface area contributed by atoms with E-state index >= 15 is 0 Å². The average Bonchev–Trinajstić information content (AvgIpc) is 2.74. The van der Waals surface area contributed by atoms with Gasteiger partial charge < -0.3 is 15.8 Å². The Labute approximate surface area is 189 Å². The molecular weight excluding hydrogens is 404 g/mol. The molecule has 0 unspecified atom stereocenters. The number of aromatic nitrogens is 2. The summed E-state index contributed by atoms with van der Waals surface area (Å²) in [6.07, 6.45) is 7.51. The van der Waals surface area contributed by atoms with E-state index < -0.39 is 17.1 Å². The van der Waals surface area contributed by atoms with Crippen LogP contribution in [-0.4, -0.2) is 27.7 Å². The van der Waals surface area contributed by atoms with E-state index in [1.54, 1.807) is 39.1 Å². The van der Waals surface area contributed by atoms with E-state index in [0.29, 0.717) is 25.2 Å². The van der Waals surface area contributed by atoms with E-state index in [2.05, 4.69) is 23.5 Å². The van der Waals surface area contributed by atoms with Crippen LogP contribution in [0.4, 0.5) is 5.82 Å². The van der Waals surface area contributed by atoms with Crippen LogP contribution < -0.4 is 16.6 Å². The Bertz CT molecular complexity index is 1060. The van der Waals surface area contributed by atoms with Gasteiger partial charge in [-0.2, -0.15) is 0 Å². The van der Waals surface area contributed by atoms with Gasteiger partial charge in [-0.3, -0.25) is 14.2 Å². The highest BCUT2D eigenvalue weighted by Gasteiger charge is 2.20. The van der Waals surface area contributed by atoms with Crippen LogP contribution in [0.1, 0.15) is 32.8 Å². The van der Waals surface area contributed by atoms with Crippen LogP contribution in [0.25, 0.3) is 11.3 Å². The van der Waals surface area contributed by atoms with Crippen molar-refractivity contribution in [3.8, 4) is 11.3 Å². The molecule has 0 radical (unpaired) electrons. The fourth-order valence-electron chi connectivity index (χ4n) is 3.09. The second-order valence-electron chi connectivity index (χ2n) is 8.23. The summed E-state index contributed by atoms with van der Waals surface area (Å²) < 4.78 is 6.82. The number of benzene rings is 1. The lowest BCUT2D eigenvalue weighted by molar-refractivity contribution is -0.155. The van der Waals surface area contributed by atoms with E-state index in [-0.39, 0.29) is 12.4 Å². The van der Waals surface area contributed by atoms with Crippen molar-refractivity contribution in [1.29, 1.82) is 0 Å². The number of ether oxygens (including phenoxy) is 1. The number of hydrogen-bond acceptors (Lipinski definition) is 6. The molecule has 0 atom stereocenters. The Morgan fingerprint density at radius 3 is 2.69 bits per heavy atom. The number of hydrogen-bond donors (Lipinski definition) is 2. The van der Waals surface area contributed by atoms with Gasteiger partial charge in [0.25, 0.3) is 5.56 Å². The van der Waals surface area contributed by atoms with E-state index in [9.17, 15) is 9.59 Å². The summed E-state index contributed by atoms with van der Waals surface area (Å²) in [5.74, 6) is -0.342. The van der Waals surface area contributed by atoms with E-state index in [1.807, 2.05) is 30.3 Å². The molecule has 3 N–H and O–H groups in total. The molecule has 0 fully saturated rings. The van der Waals surface area contributed by atoms with Crippen molar-refractivity contribution >= 4 is 11.8 Å². The van der Waals surface area contributed by atoms with Gasteiger partial charge in [0.05, 0.1) is 11.9 Å². The predicted octanol–water partition coefficient (Wildman–Crippen LogP) is 3.81. The second-order valence-corrected chi connectivity index (χ2v) is 8.23. The molecule has 0 amide bonds. The molecule has 170 valence electrons. The number of anilines is 1. The van der Waals surface area contributed by atoms with Crippen LogP contribution in [0.3, 0.4) is 0 Å². The minimum atomic E-state index is -0.660. The van der Waals surface area contributed by atoms with Crippen LogP contribution >= 0.6 is 0 Å². The maximum absolute atomic E-state index is 13.2. The van der Waals surface area contributed by atoms with Crippen molar-refractivity contribution in [1.82, 2.24) is 9.55 Å². The van der Waals surface area contributed by atoms with Crippen LogP contribution in [0.15, 0.2) is 72.2 Å². The third-order valence-electron chi connectivity index (χ3n) is 4.52. The van der Waals surface area contributed by atoms with Gasteiger partial charge in [-0.1, -0.05) is 49.6 Å². The molecule has 7 nitrogen and oxygen atoms in total. The average molecular weight is 437 g/mol. The molecule has 0 saturated heterocycles. The molecule has 1 aromatic carbocycles. The van der Waals surface area contributed by atoms with Crippen molar-refractivity contribution in [2.24, 2.45) is 5.73 Å². The number of nitrogens with zero attached hydrogens (tertiary/aromatic N) is 2. The van der Waals surface area contributed by atoms with Gasteiger partial charge in [-0.25, -0.2) is 4.98 Å². The molecular formula is C25H32N4O3. The highest BCUT2D eigenvalue weighted by atomic mass is 16.6. The predicted molar refractivity (Wildman–Crippen MR) is 129 cm³/mol. The standard InChI is InChI=1S/C25H32N4O3/c1-6-9-18(7-2)12-13-27-23-24(31)29(17-22(30)32-25(3,4)5)21(16-28-23)20-11-8-10-19(14-20)15-26/h6-11,14,16H,1-2,12-13,15,17,26H2,3-5H3,(H,27,28)/b18-9+. The minimum absolute atomic E-state index is 0.161. The quantitative estimate of drug-likeness (QED) is 0.434. The molecule has 1 heterocycles. The summed E-state index contributed by atoms with van der Waals surface area (Å²) in [6.45, 7) is 13.4. The number of esters is 1. The largest absolute Gasteiger partial charge is 0.459 e. The lowest BCUT2D eigenvalue weighted by Gasteiger charge is -2.21. The molecule has 0 bridgehead atoms. The molecule has 7 heteroatoms. The monoisotopic (exact) mass is 436 g/mol. The van der Waals surface area contributed by atoms with Crippen LogP contribution in [0.5, 0.6) is 0 Å². The third-order valence-corrected chi connectivity index (χ3v) is 4.52. The molecule has 2 aromatic rings. The maximum atomic E-state index is 13.2. The number of nitrogens with two attached hydrogens (primary N) is 1. The number of carbonyl (C=O) groups is 1. The number of nitrogens with one attached hydrogen (secondary N) is 1. The van der Waals surface area contributed by atoms with Crippen molar-refractivity contribution < 1.29 is 9.53 Å². The minimum Gasteiger partial charge on any atom is -0.459 e. The summed E-state index contributed by atoms with van der Waals surface area (Å²) >= 11 is 0. The first-order valence-electron chi connectivity index (χ1n) is 10.5. The normalized spacial score (nSPS) is 11.7. The molecule has 0 saturated carbocycles. The summed E-state index contributed by atoms with van der Waals surface area (Å²) in [6, 6.07) is 7.49. The van der Waals surface area contributed by atoms with Gasteiger partial charge in [0.1, 0.15) is 12.1 Å². The van der Waals surface area contributed by atoms with E-state index in [1.165, 1.54) is 4.57 Å². The van der Waals surface area contributed by atoms with Gasteiger partial charge in [-0.05, 0) is 44.4 Å². The molecule has 2 rings (SSSR count). The maximum Gasteiger partial charge on any atom is 0.326 e. The smallest absolute Gasteiger partial charge is 0.326 e. The van der Waals surface area contributed by atoms with Gasteiger partial charge in [0.15, 0.2) is 5.82 Å². The van der Waals surface area contributed by atoms with Crippen LogP contribution in [0.2, 0.25) is 0 Å². The molecule has 0 aliphatic heterocycles. The Morgan fingerprint density at radius 1 is 1.31 bits per heavy atom. The fraction of sp³-hybridized carbons (Fsp3) is 0.320. The topological polar surface area (TPSA) is 99.2 Å². The summed E-state index contributed by atoms with van der Waals surface area (Å²) in [7, 11) is 0. The summed E-state index contributed by atoms with van der Waals surface area (Å²) in [5, 5.41) is 3.06. The van der Waals surface area contributed by atoms with Crippen molar-refractivity contribution in [2.75, 3.05) is 11.9 Å². The molecule has 32 heavy (non-hydrogen) atoms. The summed E-state index contributed by atoms with van der Waals surface area (Å²) in [4.78, 5) is 30.1. The molecule has 1 aromatic heterocycles. The lowest BCUT2D eigenvalue weighted by atomic mass is 10.1. The first-order chi connectivity index (χ1) is 15.2. The SMILES string of the molecule is C=C/C=C(\C=C)CCNc1ncc(-c2cccc(CN)c2)n(CC(=O)OC(C)(C)C)c1=O. The lowest BCUT2D eigenvalue weighted by Crippen LogP contribution is -2.33. The molecule has 0 aliphatic carbocycles. The van der Waals surface area contributed by atoms with Gasteiger partial charge in [0, 0.05) is 18.7 Å².